The molecule has 14 heavy (non-hydrogen) atoms. The Balaban J connectivity index is 3.31. The lowest BCUT2D eigenvalue weighted by atomic mass is 10.2. The fourth-order valence-electron chi connectivity index (χ4n) is 1.25. The molecule has 0 nitrogen and oxygen atoms in total. The molecule has 0 bridgehead atoms. The maximum absolute atomic E-state index is 12.5. The Kier molecular flexibility index (Phi) is 2.97. The van der Waals surface area contributed by atoms with E-state index < -0.39 is 19.1 Å². The highest BCUT2D eigenvalue weighted by Gasteiger charge is 2.37. The first-order chi connectivity index (χ1) is 6.23. The van der Waals surface area contributed by atoms with E-state index >= 15 is 0 Å². The maximum Gasteiger partial charge on any atom is 0.416 e. The quantitative estimate of drug-likeness (QED) is 0.520. The van der Waals surface area contributed by atoms with Gasteiger partial charge in [-0.15, -0.1) is 0 Å². The maximum atomic E-state index is 12.5. The smallest absolute Gasteiger partial charge is 0.166 e. The van der Waals surface area contributed by atoms with Gasteiger partial charge in [-0.05, 0) is 5.19 Å². The molecule has 0 aromatic heterocycles. The summed E-state index contributed by atoms with van der Waals surface area (Å²) < 4.78 is 37.6. The minimum atomic E-state index is -4.31. The van der Waals surface area contributed by atoms with E-state index in [0.717, 1.165) is 6.07 Å². The van der Waals surface area contributed by atoms with Crippen LogP contribution in [0.4, 0.5) is 13.2 Å². The van der Waals surface area contributed by atoms with Gasteiger partial charge in [-0.3, -0.25) is 0 Å². The van der Waals surface area contributed by atoms with Crippen molar-refractivity contribution in [3.63, 3.8) is 0 Å². The van der Waals surface area contributed by atoms with Crippen molar-refractivity contribution < 1.29 is 13.2 Å². The number of alkyl halides is 3. The van der Waals surface area contributed by atoms with Crippen LogP contribution < -0.4 is 5.19 Å². The molecule has 0 aliphatic rings. The van der Waals surface area contributed by atoms with Gasteiger partial charge < -0.3 is 0 Å². The first-order valence-electron chi connectivity index (χ1n) is 4.08. The summed E-state index contributed by atoms with van der Waals surface area (Å²) in [5.41, 5.74) is -0.605. The van der Waals surface area contributed by atoms with Crippen LogP contribution in [0.5, 0.6) is 0 Å². The molecule has 0 fully saturated rings. The van der Waals surface area contributed by atoms with E-state index in [2.05, 4.69) is 0 Å². The molecule has 1 aromatic rings. The number of halogens is 4. The standard InChI is InChI=1S/C9H10ClF3Si/c1-14(2,10)8-6-4-3-5-7(8)9(11,12)13/h3-6H,1-2H3. The molecule has 0 amide bonds. The van der Waals surface area contributed by atoms with Gasteiger partial charge in [0.2, 0.25) is 0 Å². The van der Waals surface area contributed by atoms with Crippen molar-refractivity contribution in [2.45, 2.75) is 19.3 Å². The zero-order valence-electron chi connectivity index (χ0n) is 7.82. The highest BCUT2D eigenvalue weighted by atomic mass is 35.6. The summed E-state index contributed by atoms with van der Waals surface area (Å²) in [6.07, 6.45) is -4.31. The molecule has 0 atom stereocenters. The van der Waals surface area contributed by atoms with Crippen LogP contribution in [-0.4, -0.2) is 7.38 Å². The lowest BCUT2D eigenvalue weighted by Gasteiger charge is -2.19. The van der Waals surface area contributed by atoms with E-state index in [1.165, 1.54) is 12.1 Å². The Hall–Kier alpha value is -0.483. The van der Waals surface area contributed by atoms with Gasteiger partial charge in [-0.1, -0.05) is 37.4 Å². The van der Waals surface area contributed by atoms with Crippen molar-refractivity contribution in [3.8, 4) is 0 Å². The summed E-state index contributed by atoms with van der Waals surface area (Å²) >= 11 is 6.01. The van der Waals surface area contributed by atoms with Gasteiger partial charge in [0.1, 0.15) is 0 Å². The summed E-state index contributed by atoms with van der Waals surface area (Å²) in [7, 11) is -2.44. The molecule has 0 unspecified atom stereocenters. The predicted molar refractivity (Wildman–Crippen MR) is 54.4 cm³/mol. The van der Waals surface area contributed by atoms with Crippen molar-refractivity contribution in [2.75, 3.05) is 0 Å². The third kappa shape index (κ3) is 2.51. The van der Waals surface area contributed by atoms with Crippen molar-refractivity contribution in [3.05, 3.63) is 29.8 Å². The summed E-state index contributed by atoms with van der Waals surface area (Å²) in [6.45, 7) is 3.36. The Morgan fingerprint density at radius 1 is 1.14 bits per heavy atom. The second-order valence-corrected chi connectivity index (χ2v) is 9.83. The van der Waals surface area contributed by atoms with E-state index in [4.69, 9.17) is 11.1 Å². The fraction of sp³-hybridized carbons (Fsp3) is 0.333. The Morgan fingerprint density at radius 3 is 2.00 bits per heavy atom. The highest BCUT2D eigenvalue weighted by molar-refractivity contribution is 7.26. The molecule has 78 valence electrons. The summed E-state index contributed by atoms with van der Waals surface area (Å²) in [5, 5.41) is 0.245. The molecule has 0 saturated heterocycles. The molecule has 1 rings (SSSR count). The van der Waals surface area contributed by atoms with Crippen LogP contribution in [0.15, 0.2) is 24.3 Å². The zero-order valence-corrected chi connectivity index (χ0v) is 9.58. The molecule has 0 saturated carbocycles. The van der Waals surface area contributed by atoms with Crippen LogP contribution in [0, 0.1) is 0 Å². The first-order valence-corrected chi connectivity index (χ1v) is 8.10. The number of benzene rings is 1. The van der Waals surface area contributed by atoms with Gasteiger partial charge in [0.25, 0.3) is 0 Å². The van der Waals surface area contributed by atoms with Crippen molar-refractivity contribution in [2.24, 2.45) is 0 Å². The van der Waals surface area contributed by atoms with Crippen LogP contribution in [0.2, 0.25) is 13.1 Å². The third-order valence-electron chi connectivity index (χ3n) is 1.87. The van der Waals surface area contributed by atoms with Crippen molar-refractivity contribution >= 4 is 23.6 Å². The fourth-order valence-corrected chi connectivity index (χ4v) is 3.10. The SMILES string of the molecule is C[Si](C)(Cl)c1ccccc1C(F)(F)F. The highest BCUT2D eigenvalue weighted by Crippen LogP contribution is 2.29. The third-order valence-corrected chi connectivity index (χ3v) is 4.20. The average Bonchev–Trinajstić information content (AvgIpc) is 2.01. The average molecular weight is 239 g/mol. The van der Waals surface area contributed by atoms with E-state index in [1.807, 2.05) is 0 Å². The van der Waals surface area contributed by atoms with E-state index in [0.29, 0.717) is 0 Å². The largest absolute Gasteiger partial charge is 0.416 e. The monoisotopic (exact) mass is 238 g/mol. The molecule has 0 heterocycles. The van der Waals surface area contributed by atoms with Gasteiger partial charge in [-0.25, -0.2) is 0 Å². The van der Waals surface area contributed by atoms with Gasteiger partial charge >= 0.3 is 6.18 Å². The Labute approximate surface area is 86.4 Å². The lowest BCUT2D eigenvalue weighted by Crippen LogP contribution is -2.40. The van der Waals surface area contributed by atoms with Crippen LogP contribution >= 0.6 is 11.1 Å². The molecule has 5 heteroatoms. The molecule has 1 aromatic carbocycles. The number of rotatable bonds is 1. The van der Waals surface area contributed by atoms with Gasteiger partial charge in [0, 0.05) is 0 Å². The summed E-state index contributed by atoms with van der Waals surface area (Å²) in [6, 6.07) is 5.50. The zero-order chi connectivity index (χ0) is 11.0. The normalized spacial score (nSPS) is 13.0. The second-order valence-electron chi connectivity index (χ2n) is 3.52. The Bertz CT molecular complexity index is 295. The topological polar surface area (TPSA) is 0 Å². The minimum Gasteiger partial charge on any atom is -0.166 e. The predicted octanol–water partition coefficient (Wildman–Crippen LogP) is 3.36. The van der Waals surface area contributed by atoms with Crippen LogP contribution in [0.1, 0.15) is 5.56 Å². The van der Waals surface area contributed by atoms with Crippen molar-refractivity contribution in [1.29, 1.82) is 0 Å². The summed E-state index contributed by atoms with van der Waals surface area (Å²) in [4.78, 5) is 0. The van der Waals surface area contributed by atoms with E-state index in [1.54, 1.807) is 19.2 Å². The van der Waals surface area contributed by atoms with Crippen molar-refractivity contribution in [1.82, 2.24) is 0 Å². The van der Waals surface area contributed by atoms with Crippen LogP contribution in [-0.2, 0) is 6.18 Å². The summed E-state index contributed by atoms with van der Waals surface area (Å²) in [5.74, 6) is 0. The molecular formula is C9H10ClF3Si. The van der Waals surface area contributed by atoms with Crippen LogP contribution in [0.25, 0.3) is 0 Å². The molecule has 0 N–H and O–H groups in total. The molecule has 0 radical (unpaired) electrons. The Morgan fingerprint density at radius 2 is 1.64 bits per heavy atom. The molecule has 0 aliphatic carbocycles. The van der Waals surface area contributed by atoms with Crippen LogP contribution in [0.3, 0.4) is 0 Å². The minimum absolute atomic E-state index is 0.245. The van der Waals surface area contributed by atoms with E-state index in [9.17, 15) is 13.2 Å². The molecular weight excluding hydrogens is 229 g/mol. The number of hydrogen-bond acceptors (Lipinski definition) is 0. The van der Waals surface area contributed by atoms with E-state index in [-0.39, 0.29) is 5.19 Å². The lowest BCUT2D eigenvalue weighted by molar-refractivity contribution is -0.136. The van der Waals surface area contributed by atoms with Gasteiger partial charge in [-0.2, -0.15) is 24.3 Å². The molecule has 0 spiro atoms. The van der Waals surface area contributed by atoms with Gasteiger partial charge in [0.05, 0.1) is 5.56 Å². The van der Waals surface area contributed by atoms with Gasteiger partial charge in [0.15, 0.2) is 7.38 Å². The second kappa shape index (κ2) is 3.59. The number of hydrogen-bond donors (Lipinski definition) is 0. The first kappa shape index (κ1) is 11.6. The molecule has 0 aliphatic heterocycles.